The molecule has 0 aliphatic heterocycles. The fraction of sp³-hybridized carbons (Fsp3) is 0.148. The molecule has 0 fully saturated rings. The monoisotopic (exact) mass is 380 g/mol. The van der Waals surface area contributed by atoms with Gasteiger partial charge >= 0.3 is 0 Å². The van der Waals surface area contributed by atoms with Crippen LogP contribution < -0.4 is 0 Å². The zero-order valence-electron chi connectivity index (χ0n) is 17.6. The molecular formula is C27H28N2. The molecule has 2 heteroatoms. The fourth-order valence-corrected chi connectivity index (χ4v) is 3.56. The van der Waals surface area contributed by atoms with Gasteiger partial charge in [-0.3, -0.25) is 0 Å². The first kappa shape index (κ1) is 20.3. The number of nitrogens with one attached hydrogen (secondary N) is 1. The Bertz CT molecular complexity index is 1070. The third kappa shape index (κ3) is 4.91. The summed E-state index contributed by atoms with van der Waals surface area (Å²) in [5.41, 5.74) is 8.87. The van der Waals surface area contributed by atoms with Crippen molar-refractivity contribution < 1.29 is 0 Å². The van der Waals surface area contributed by atoms with E-state index in [-0.39, 0.29) is 0 Å². The van der Waals surface area contributed by atoms with Crippen molar-refractivity contribution in [2.24, 2.45) is 7.05 Å². The molecule has 4 aromatic rings. The average molecular weight is 381 g/mol. The summed E-state index contributed by atoms with van der Waals surface area (Å²) in [4.78, 5) is 0. The van der Waals surface area contributed by atoms with Crippen LogP contribution in [0.5, 0.6) is 0 Å². The predicted molar refractivity (Wildman–Crippen MR) is 125 cm³/mol. The van der Waals surface area contributed by atoms with Crippen molar-refractivity contribution in [1.82, 2.24) is 4.57 Å². The second kappa shape index (κ2) is 9.20. The van der Waals surface area contributed by atoms with Crippen LogP contribution in [0.4, 0.5) is 0 Å². The minimum absolute atomic E-state index is 0.589. The van der Waals surface area contributed by atoms with Crippen LogP contribution in [-0.2, 0) is 7.05 Å². The van der Waals surface area contributed by atoms with E-state index in [4.69, 9.17) is 5.41 Å². The number of hydrogen-bond acceptors (Lipinski definition) is 1. The lowest BCUT2D eigenvalue weighted by Gasteiger charge is -2.09. The average Bonchev–Trinajstić information content (AvgIpc) is 3.07. The van der Waals surface area contributed by atoms with Crippen LogP contribution in [0.3, 0.4) is 0 Å². The SMILES string of the molecule is CC(=N)c1cn(C)c(-c2ccccc2)c1-c1ccccc1.Cc1cccc(C)c1. The molecule has 0 unspecified atom stereocenters. The maximum Gasteiger partial charge on any atom is 0.0564 e. The molecule has 0 bridgehead atoms. The first-order chi connectivity index (χ1) is 14.0. The molecule has 1 heterocycles. The summed E-state index contributed by atoms with van der Waals surface area (Å²) >= 11 is 0. The van der Waals surface area contributed by atoms with E-state index in [1.54, 1.807) is 0 Å². The highest BCUT2D eigenvalue weighted by Crippen LogP contribution is 2.36. The summed E-state index contributed by atoms with van der Waals surface area (Å²) in [6.45, 7) is 6.05. The highest BCUT2D eigenvalue weighted by molar-refractivity contribution is 6.06. The number of aryl methyl sites for hydroxylation is 3. The van der Waals surface area contributed by atoms with Gasteiger partial charge in [0.25, 0.3) is 0 Å². The van der Waals surface area contributed by atoms with E-state index >= 15 is 0 Å². The van der Waals surface area contributed by atoms with Gasteiger partial charge in [-0.25, -0.2) is 0 Å². The summed E-state index contributed by atoms with van der Waals surface area (Å²) in [5, 5.41) is 8.08. The van der Waals surface area contributed by atoms with Crippen molar-refractivity contribution >= 4 is 5.71 Å². The molecule has 0 aliphatic rings. The Morgan fingerprint density at radius 3 is 1.69 bits per heavy atom. The van der Waals surface area contributed by atoms with E-state index in [2.05, 4.69) is 66.9 Å². The standard InChI is InChI=1S/C19H18N2.C8H10/c1-14(20)17-13-21(2)19(16-11-7-4-8-12-16)18(17)15-9-5-3-6-10-15;1-7-4-3-5-8(2)6-7/h3-13,20H,1-2H3;3-6H,1-2H3. The van der Waals surface area contributed by atoms with E-state index in [0.717, 1.165) is 22.4 Å². The molecule has 1 aromatic heterocycles. The van der Waals surface area contributed by atoms with Gasteiger partial charge in [-0.05, 0) is 31.9 Å². The fourth-order valence-electron chi connectivity index (χ4n) is 3.56. The largest absolute Gasteiger partial charge is 0.349 e. The van der Waals surface area contributed by atoms with Crippen molar-refractivity contribution in [3.8, 4) is 22.4 Å². The van der Waals surface area contributed by atoms with E-state index in [9.17, 15) is 0 Å². The smallest absolute Gasteiger partial charge is 0.0564 e. The Morgan fingerprint density at radius 1 is 0.724 bits per heavy atom. The van der Waals surface area contributed by atoms with E-state index in [1.807, 2.05) is 56.6 Å². The Balaban J connectivity index is 0.000000252. The summed E-state index contributed by atoms with van der Waals surface area (Å²) in [7, 11) is 2.04. The summed E-state index contributed by atoms with van der Waals surface area (Å²) < 4.78 is 2.12. The summed E-state index contributed by atoms with van der Waals surface area (Å²) in [5.74, 6) is 0. The second-order valence-corrected chi connectivity index (χ2v) is 7.39. The highest BCUT2D eigenvalue weighted by Gasteiger charge is 2.18. The highest BCUT2D eigenvalue weighted by atomic mass is 14.9. The third-order valence-electron chi connectivity index (χ3n) is 4.87. The zero-order valence-corrected chi connectivity index (χ0v) is 17.6. The molecule has 146 valence electrons. The minimum atomic E-state index is 0.589. The molecule has 0 saturated heterocycles. The van der Waals surface area contributed by atoms with Gasteiger partial charge in [0.1, 0.15) is 0 Å². The summed E-state index contributed by atoms with van der Waals surface area (Å²) in [6, 6.07) is 29.1. The molecular weight excluding hydrogens is 352 g/mol. The number of benzene rings is 3. The van der Waals surface area contributed by atoms with Gasteiger partial charge in [-0.15, -0.1) is 0 Å². The second-order valence-electron chi connectivity index (χ2n) is 7.39. The first-order valence-electron chi connectivity index (χ1n) is 9.86. The number of rotatable bonds is 3. The van der Waals surface area contributed by atoms with Gasteiger partial charge in [0.05, 0.1) is 5.69 Å². The maximum absolute atomic E-state index is 8.08. The van der Waals surface area contributed by atoms with E-state index in [1.165, 1.54) is 16.7 Å². The van der Waals surface area contributed by atoms with Crippen LogP contribution in [-0.4, -0.2) is 10.3 Å². The van der Waals surface area contributed by atoms with Gasteiger partial charge in [0.2, 0.25) is 0 Å². The van der Waals surface area contributed by atoms with Crippen LogP contribution in [0.1, 0.15) is 23.6 Å². The van der Waals surface area contributed by atoms with E-state index < -0.39 is 0 Å². The Hall–Kier alpha value is -3.39. The van der Waals surface area contributed by atoms with Crippen LogP contribution >= 0.6 is 0 Å². The minimum Gasteiger partial charge on any atom is -0.349 e. The topological polar surface area (TPSA) is 28.8 Å². The predicted octanol–water partition coefficient (Wildman–Crippen LogP) is 7.05. The lowest BCUT2D eigenvalue weighted by atomic mass is 9.96. The van der Waals surface area contributed by atoms with Gasteiger partial charge in [-0.1, -0.05) is 96.1 Å². The van der Waals surface area contributed by atoms with Crippen molar-refractivity contribution in [1.29, 1.82) is 5.41 Å². The molecule has 0 amide bonds. The van der Waals surface area contributed by atoms with Crippen LogP contribution in [0.15, 0.2) is 91.1 Å². The van der Waals surface area contributed by atoms with E-state index in [0.29, 0.717) is 5.71 Å². The molecule has 0 saturated carbocycles. The van der Waals surface area contributed by atoms with Gasteiger partial charge in [0, 0.05) is 30.1 Å². The van der Waals surface area contributed by atoms with Gasteiger partial charge in [-0.2, -0.15) is 0 Å². The molecule has 0 spiro atoms. The molecule has 1 N–H and O–H groups in total. The Labute approximate surface area is 174 Å². The van der Waals surface area contributed by atoms with Crippen molar-refractivity contribution in [3.63, 3.8) is 0 Å². The molecule has 4 rings (SSSR count). The van der Waals surface area contributed by atoms with Gasteiger partial charge < -0.3 is 9.98 Å². The van der Waals surface area contributed by atoms with Gasteiger partial charge in [0.15, 0.2) is 0 Å². The van der Waals surface area contributed by atoms with Crippen LogP contribution in [0, 0.1) is 19.3 Å². The zero-order chi connectivity index (χ0) is 20.8. The normalized spacial score (nSPS) is 10.2. The lowest BCUT2D eigenvalue weighted by Crippen LogP contribution is -1.93. The molecule has 2 nitrogen and oxygen atoms in total. The Kier molecular flexibility index (Phi) is 6.46. The maximum atomic E-state index is 8.08. The molecule has 0 radical (unpaired) electrons. The summed E-state index contributed by atoms with van der Waals surface area (Å²) in [6.07, 6.45) is 2.05. The molecule has 0 atom stereocenters. The van der Waals surface area contributed by atoms with Crippen LogP contribution in [0.25, 0.3) is 22.4 Å². The number of hydrogen-bond donors (Lipinski definition) is 1. The molecule has 0 aliphatic carbocycles. The Morgan fingerprint density at radius 2 is 1.24 bits per heavy atom. The van der Waals surface area contributed by atoms with Crippen molar-refractivity contribution in [3.05, 3.63) is 108 Å². The number of nitrogens with zero attached hydrogens (tertiary/aromatic N) is 1. The third-order valence-corrected chi connectivity index (χ3v) is 4.87. The molecule has 29 heavy (non-hydrogen) atoms. The number of aromatic nitrogens is 1. The van der Waals surface area contributed by atoms with Crippen molar-refractivity contribution in [2.45, 2.75) is 20.8 Å². The quantitative estimate of drug-likeness (QED) is 0.369. The first-order valence-corrected chi connectivity index (χ1v) is 9.86. The van der Waals surface area contributed by atoms with Crippen LogP contribution in [0.2, 0.25) is 0 Å². The molecule has 3 aromatic carbocycles. The lowest BCUT2D eigenvalue weighted by molar-refractivity contribution is 0.936. The van der Waals surface area contributed by atoms with Crippen molar-refractivity contribution in [2.75, 3.05) is 0 Å².